The van der Waals surface area contributed by atoms with Crippen LogP contribution in [0.2, 0.25) is 0 Å². The number of hydrogen-bond acceptors (Lipinski definition) is 1. The predicted octanol–water partition coefficient (Wildman–Crippen LogP) is 2.89. The Morgan fingerprint density at radius 2 is 2.18 bits per heavy atom. The van der Waals surface area contributed by atoms with E-state index in [0.29, 0.717) is 12.0 Å². The molecule has 0 aromatic carbocycles. The first-order valence-electron chi connectivity index (χ1n) is 4.31. The molecule has 1 heteroatoms. The second kappa shape index (κ2) is 3.61. The summed E-state index contributed by atoms with van der Waals surface area (Å²) in [5.41, 5.74) is 0. The van der Waals surface area contributed by atoms with Crippen molar-refractivity contribution in [1.82, 2.24) is 0 Å². The molecule has 0 aliphatic carbocycles. The van der Waals surface area contributed by atoms with Crippen LogP contribution in [-0.4, -0.2) is 6.10 Å². The van der Waals surface area contributed by atoms with Gasteiger partial charge in [-0.15, -0.1) is 0 Å². The van der Waals surface area contributed by atoms with Gasteiger partial charge in [0, 0.05) is 5.92 Å². The van der Waals surface area contributed by atoms with Gasteiger partial charge in [0.2, 0.25) is 0 Å². The Hall–Kier alpha value is -0.720. The summed E-state index contributed by atoms with van der Waals surface area (Å²) in [5.74, 6) is 1.40. The van der Waals surface area contributed by atoms with Gasteiger partial charge in [-0.25, -0.2) is 0 Å². The maximum atomic E-state index is 5.56. The molecular weight excluding hydrogens is 136 g/mol. The van der Waals surface area contributed by atoms with Crippen LogP contribution in [0.15, 0.2) is 24.5 Å². The van der Waals surface area contributed by atoms with Crippen LogP contribution < -0.4 is 0 Å². The van der Waals surface area contributed by atoms with E-state index in [-0.39, 0.29) is 0 Å². The molecule has 2 atom stereocenters. The van der Waals surface area contributed by atoms with Crippen LogP contribution in [-0.2, 0) is 4.74 Å². The lowest BCUT2D eigenvalue weighted by atomic mass is 9.95. The third-order valence-electron chi connectivity index (χ3n) is 2.18. The van der Waals surface area contributed by atoms with Crippen LogP contribution in [0.1, 0.15) is 26.7 Å². The molecule has 1 aliphatic heterocycles. The monoisotopic (exact) mass is 152 g/mol. The Bertz CT molecular complexity index is 170. The number of hydrogen-bond donors (Lipinski definition) is 0. The Balaban J connectivity index is 2.63. The average Bonchev–Trinajstić information content (AvgIpc) is 2.04. The van der Waals surface area contributed by atoms with Gasteiger partial charge in [-0.2, -0.15) is 0 Å². The zero-order chi connectivity index (χ0) is 8.27. The van der Waals surface area contributed by atoms with Gasteiger partial charge in [-0.3, -0.25) is 0 Å². The van der Waals surface area contributed by atoms with E-state index in [4.69, 9.17) is 4.74 Å². The third-order valence-corrected chi connectivity index (χ3v) is 2.18. The maximum Gasteiger partial charge on any atom is 0.112 e. The van der Waals surface area contributed by atoms with Gasteiger partial charge in [-0.05, 0) is 18.9 Å². The van der Waals surface area contributed by atoms with E-state index in [1.54, 1.807) is 0 Å². The van der Waals surface area contributed by atoms with Crippen LogP contribution >= 0.6 is 0 Å². The Labute approximate surface area is 68.8 Å². The highest BCUT2D eigenvalue weighted by Crippen LogP contribution is 2.24. The van der Waals surface area contributed by atoms with Gasteiger partial charge < -0.3 is 4.74 Å². The zero-order valence-corrected chi connectivity index (χ0v) is 7.34. The van der Waals surface area contributed by atoms with E-state index in [0.717, 1.165) is 18.6 Å². The van der Waals surface area contributed by atoms with Crippen molar-refractivity contribution in [2.75, 3.05) is 0 Å². The second-order valence-electron chi connectivity index (χ2n) is 2.96. The fourth-order valence-electron chi connectivity index (χ4n) is 1.46. The zero-order valence-electron chi connectivity index (χ0n) is 7.34. The van der Waals surface area contributed by atoms with Gasteiger partial charge in [0.15, 0.2) is 0 Å². The minimum Gasteiger partial charge on any atom is -0.490 e. The van der Waals surface area contributed by atoms with E-state index < -0.39 is 0 Å². The highest BCUT2D eigenvalue weighted by molar-refractivity contribution is 5.13. The lowest BCUT2D eigenvalue weighted by molar-refractivity contribution is 0.0752. The summed E-state index contributed by atoms with van der Waals surface area (Å²) in [6, 6.07) is 0. The summed E-state index contributed by atoms with van der Waals surface area (Å²) in [6.45, 7) is 8.11. The molecule has 0 aromatic heterocycles. The molecule has 62 valence electrons. The van der Waals surface area contributed by atoms with Crippen molar-refractivity contribution in [3.8, 4) is 0 Å². The van der Waals surface area contributed by atoms with Crippen LogP contribution in [0.3, 0.4) is 0 Å². The van der Waals surface area contributed by atoms with Crippen molar-refractivity contribution < 1.29 is 4.74 Å². The number of allylic oxidation sites excluding steroid dienone is 1. The molecule has 0 fully saturated rings. The highest BCUT2D eigenvalue weighted by Gasteiger charge is 2.20. The predicted molar refractivity (Wildman–Crippen MR) is 47.2 cm³/mol. The molecule has 1 aliphatic rings. The first kappa shape index (κ1) is 8.38. The summed E-state index contributed by atoms with van der Waals surface area (Å²) >= 11 is 0. The Morgan fingerprint density at radius 1 is 1.45 bits per heavy atom. The SMILES string of the molecule is C=C1C=C[C@H](CC)[C@H](CC)O1. The van der Waals surface area contributed by atoms with Crippen molar-refractivity contribution in [3.05, 3.63) is 24.5 Å². The van der Waals surface area contributed by atoms with Crippen LogP contribution in [0.5, 0.6) is 0 Å². The largest absolute Gasteiger partial charge is 0.490 e. The van der Waals surface area contributed by atoms with Crippen molar-refractivity contribution in [2.45, 2.75) is 32.8 Å². The fourth-order valence-corrected chi connectivity index (χ4v) is 1.46. The normalized spacial score (nSPS) is 30.2. The molecule has 1 nitrogen and oxygen atoms in total. The molecule has 0 aromatic rings. The van der Waals surface area contributed by atoms with Crippen molar-refractivity contribution in [3.63, 3.8) is 0 Å². The highest BCUT2D eigenvalue weighted by atomic mass is 16.5. The second-order valence-corrected chi connectivity index (χ2v) is 2.96. The molecule has 0 bridgehead atoms. The van der Waals surface area contributed by atoms with E-state index in [1.165, 1.54) is 0 Å². The van der Waals surface area contributed by atoms with E-state index in [1.807, 2.05) is 6.08 Å². The number of rotatable bonds is 2. The minimum atomic E-state index is 0.359. The summed E-state index contributed by atoms with van der Waals surface area (Å²) in [5, 5.41) is 0. The molecule has 0 amide bonds. The van der Waals surface area contributed by atoms with E-state index in [9.17, 15) is 0 Å². The molecule has 0 N–H and O–H groups in total. The standard InChI is InChI=1S/C10H16O/c1-4-9-7-6-8(3)11-10(9)5-2/h6-7,9-10H,3-5H2,1-2H3/t9-,10-/m0/s1. The van der Waals surface area contributed by atoms with Crippen molar-refractivity contribution in [1.29, 1.82) is 0 Å². The van der Waals surface area contributed by atoms with Crippen LogP contribution in [0, 0.1) is 5.92 Å². The van der Waals surface area contributed by atoms with Crippen LogP contribution in [0.4, 0.5) is 0 Å². The lowest BCUT2D eigenvalue weighted by Gasteiger charge is -2.27. The first-order valence-corrected chi connectivity index (χ1v) is 4.31. The molecule has 11 heavy (non-hydrogen) atoms. The van der Waals surface area contributed by atoms with Gasteiger partial charge >= 0.3 is 0 Å². The average molecular weight is 152 g/mol. The smallest absolute Gasteiger partial charge is 0.112 e. The van der Waals surface area contributed by atoms with Crippen LogP contribution in [0.25, 0.3) is 0 Å². The summed E-state index contributed by atoms with van der Waals surface area (Å²) in [4.78, 5) is 0. The lowest BCUT2D eigenvalue weighted by Crippen LogP contribution is -2.23. The van der Waals surface area contributed by atoms with E-state index >= 15 is 0 Å². The summed E-state index contributed by atoms with van der Waals surface area (Å²) < 4.78 is 5.56. The quantitative estimate of drug-likeness (QED) is 0.591. The molecule has 0 unspecified atom stereocenters. The molecule has 0 saturated heterocycles. The third kappa shape index (κ3) is 1.86. The van der Waals surface area contributed by atoms with E-state index in [2.05, 4.69) is 26.5 Å². The fraction of sp³-hybridized carbons (Fsp3) is 0.600. The van der Waals surface area contributed by atoms with Gasteiger partial charge in [-0.1, -0.05) is 26.5 Å². The molecule has 0 saturated carbocycles. The molecule has 0 radical (unpaired) electrons. The molecule has 1 heterocycles. The molecule has 1 rings (SSSR count). The first-order chi connectivity index (χ1) is 5.27. The summed E-state index contributed by atoms with van der Waals surface area (Å²) in [6.07, 6.45) is 6.77. The molecule has 0 spiro atoms. The Morgan fingerprint density at radius 3 is 2.73 bits per heavy atom. The minimum absolute atomic E-state index is 0.359. The van der Waals surface area contributed by atoms with Gasteiger partial charge in [0.1, 0.15) is 11.9 Å². The van der Waals surface area contributed by atoms with Crippen molar-refractivity contribution in [2.24, 2.45) is 5.92 Å². The van der Waals surface area contributed by atoms with Crippen molar-refractivity contribution >= 4 is 0 Å². The number of ether oxygens (including phenoxy) is 1. The molecular formula is C10H16O. The Kier molecular flexibility index (Phi) is 2.75. The maximum absolute atomic E-state index is 5.56. The topological polar surface area (TPSA) is 9.23 Å². The van der Waals surface area contributed by atoms with Gasteiger partial charge in [0.25, 0.3) is 0 Å². The van der Waals surface area contributed by atoms with Gasteiger partial charge in [0.05, 0.1) is 0 Å². The summed E-state index contributed by atoms with van der Waals surface area (Å²) in [7, 11) is 0.